The van der Waals surface area contributed by atoms with Crippen LogP contribution in [0.2, 0.25) is 0 Å². The van der Waals surface area contributed by atoms with Crippen molar-refractivity contribution < 1.29 is 34.1 Å². The average Bonchev–Trinajstić information content (AvgIpc) is 3.60. The van der Waals surface area contributed by atoms with Crippen LogP contribution >= 0.6 is 0 Å². The molecule has 1 heterocycles. The molecule has 1 fully saturated rings. The zero-order chi connectivity index (χ0) is 49.4. The lowest BCUT2D eigenvalue weighted by Gasteiger charge is -2.37. The Labute approximate surface area is 420 Å². The number of phenols is 1. The van der Waals surface area contributed by atoms with Crippen molar-refractivity contribution in [3.63, 3.8) is 0 Å². The molecule has 69 heavy (non-hydrogen) atoms. The van der Waals surface area contributed by atoms with Gasteiger partial charge in [0.2, 0.25) is 5.75 Å². The van der Waals surface area contributed by atoms with E-state index < -0.39 is 17.0 Å². The molecule has 0 saturated carbocycles. The number of hydrogen-bond acceptors (Lipinski definition) is 7. The Bertz CT molecular complexity index is 1750. The van der Waals surface area contributed by atoms with Crippen LogP contribution in [0, 0.1) is 0 Å². The summed E-state index contributed by atoms with van der Waals surface area (Å²) in [6, 6.07) is 17.8. The lowest BCUT2D eigenvalue weighted by Crippen LogP contribution is -2.44. The predicted octanol–water partition coefficient (Wildman–Crippen LogP) is 18.1. The van der Waals surface area contributed by atoms with Gasteiger partial charge in [-0.3, -0.25) is 0 Å². The van der Waals surface area contributed by atoms with Crippen molar-refractivity contribution in [1.82, 2.24) is 5.06 Å². The number of rotatable bonds is 40. The summed E-state index contributed by atoms with van der Waals surface area (Å²) < 4.78 is 25.7. The van der Waals surface area contributed by atoms with Crippen molar-refractivity contribution in [2.24, 2.45) is 0 Å². The summed E-state index contributed by atoms with van der Waals surface area (Å²) in [6.07, 6.45) is 38.7. The molecular weight excluding hydrogens is 859 g/mol. The highest BCUT2D eigenvalue weighted by Gasteiger charge is 2.52. The number of unbranched alkanes of at least 4 members (excludes halogenated alkanes) is 27. The molecule has 8 nitrogen and oxygen atoms in total. The van der Waals surface area contributed by atoms with Gasteiger partial charge in [0.25, 0.3) is 0 Å². The second-order valence-electron chi connectivity index (χ2n) is 20.7. The Hall–Kier alpha value is -3.75. The largest absolute Gasteiger partial charge is 0.508 e. The maximum Gasteiger partial charge on any atom is 0.343 e. The third-order valence-corrected chi connectivity index (χ3v) is 14.7. The van der Waals surface area contributed by atoms with Gasteiger partial charge in [0.05, 0.1) is 36.5 Å². The molecule has 1 N–H and O–H groups in total. The van der Waals surface area contributed by atoms with Crippen LogP contribution in [0.15, 0.2) is 60.7 Å². The smallest absolute Gasteiger partial charge is 0.343 e. The average molecular weight is 955 g/mol. The monoisotopic (exact) mass is 955 g/mol. The maximum absolute atomic E-state index is 14.1. The highest BCUT2D eigenvalue weighted by molar-refractivity contribution is 5.92. The van der Waals surface area contributed by atoms with Crippen LogP contribution in [-0.4, -0.2) is 36.0 Å². The van der Waals surface area contributed by atoms with E-state index >= 15 is 0 Å². The molecular formula is C61H96NO7. The first-order valence-corrected chi connectivity index (χ1v) is 28.3. The predicted molar refractivity (Wildman–Crippen MR) is 284 cm³/mol. The molecule has 0 bridgehead atoms. The Morgan fingerprint density at radius 1 is 0.478 bits per heavy atom. The summed E-state index contributed by atoms with van der Waals surface area (Å²) in [5, 5.41) is 25.1. The molecule has 0 aromatic heterocycles. The van der Waals surface area contributed by atoms with E-state index in [4.69, 9.17) is 18.9 Å². The third kappa shape index (κ3) is 20.5. The molecule has 3 aromatic rings. The summed E-state index contributed by atoms with van der Waals surface area (Å²) in [5.74, 6) is 1.71. The van der Waals surface area contributed by atoms with Crippen molar-refractivity contribution in [3.05, 3.63) is 77.4 Å². The number of hydrogen-bond donors (Lipinski definition) is 1. The number of phenolic OH excluding ortho intramolecular Hbond substituents is 1. The number of aromatic hydroxyl groups is 1. The van der Waals surface area contributed by atoms with Crippen LogP contribution in [-0.2, 0) is 16.3 Å². The van der Waals surface area contributed by atoms with Crippen LogP contribution in [0.3, 0.4) is 0 Å². The number of carbonyl (C=O) groups is 1. The third-order valence-electron chi connectivity index (χ3n) is 14.7. The quantitative estimate of drug-likeness (QED) is 0.0344. The Balaban J connectivity index is 1.45. The minimum Gasteiger partial charge on any atom is -0.508 e. The first-order chi connectivity index (χ1) is 33.7. The van der Waals surface area contributed by atoms with Gasteiger partial charge in [-0.25, -0.2) is 4.79 Å². The first kappa shape index (κ1) is 57.8. The fraction of sp³-hybridized carbons (Fsp3) is 0.689. The van der Waals surface area contributed by atoms with Gasteiger partial charge in [0, 0.05) is 0 Å². The molecule has 0 aliphatic carbocycles. The summed E-state index contributed by atoms with van der Waals surface area (Å²) in [7, 11) is 0. The van der Waals surface area contributed by atoms with Gasteiger partial charge in [-0.15, -0.1) is 10.3 Å². The molecule has 0 spiro atoms. The Morgan fingerprint density at radius 2 is 0.797 bits per heavy atom. The van der Waals surface area contributed by atoms with E-state index in [1.54, 1.807) is 36.4 Å². The zero-order valence-corrected chi connectivity index (χ0v) is 44.4. The second-order valence-corrected chi connectivity index (χ2v) is 20.7. The highest BCUT2D eigenvalue weighted by Crippen LogP contribution is 2.51. The Kier molecular flexibility index (Phi) is 28.3. The molecule has 1 saturated heterocycles. The fourth-order valence-corrected chi connectivity index (χ4v) is 9.98. The molecule has 3 aromatic carbocycles. The Morgan fingerprint density at radius 3 is 1.16 bits per heavy atom. The van der Waals surface area contributed by atoms with Crippen molar-refractivity contribution in [2.45, 2.75) is 251 Å². The molecule has 4 rings (SSSR count). The standard InChI is InChI=1S/C61H96NO7/c1-6-9-12-15-18-21-24-27-30-33-46-66-56-49-51(59(64)69-55-42-38-53(39-43-55)61(5)45-44-60(4,62(61)65)52-36-40-54(63)41-37-52)50-57(67-47-34-31-28-25-22-19-16-13-10-7-2)58(56)68-48-35-32-29-26-23-20-17-14-11-8-3/h36-43,49-50,63H,6-35,44-48H2,1-5H3/t60-,61-/m0/s1. The number of hydroxylamine groups is 2. The van der Waals surface area contributed by atoms with Crippen LogP contribution in [0.4, 0.5) is 0 Å². The summed E-state index contributed by atoms with van der Waals surface area (Å²) in [4.78, 5) is 14.1. The van der Waals surface area contributed by atoms with Crippen LogP contribution in [0.5, 0.6) is 28.7 Å². The van der Waals surface area contributed by atoms with Gasteiger partial charge in [-0.1, -0.05) is 218 Å². The normalized spacial score (nSPS) is 17.1. The molecule has 387 valence electrons. The van der Waals surface area contributed by atoms with Crippen molar-refractivity contribution in [3.8, 4) is 28.7 Å². The molecule has 0 amide bonds. The second kappa shape index (κ2) is 33.8. The number of esters is 1. The molecule has 1 aliphatic rings. The number of nitrogens with zero attached hydrogens (tertiary/aromatic N) is 1. The first-order valence-electron chi connectivity index (χ1n) is 28.3. The zero-order valence-electron chi connectivity index (χ0n) is 44.4. The number of ether oxygens (including phenoxy) is 4. The van der Waals surface area contributed by atoms with E-state index in [2.05, 4.69) is 20.8 Å². The van der Waals surface area contributed by atoms with Crippen molar-refractivity contribution in [1.29, 1.82) is 0 Å². The van der Waals surface area contributed by atoms with Crippen molar-refractivity contribution >= 4 is 5.97 Å². The van der Waals surface area contributed by atoms with E-state index in [0.29, 0.717) is 61.2 Å². The molecule has 8 heteroatoms. The van der Waals surface area contributed by atoms with Crippen LogP contribution in [0.25, 0.3) is 0 Å². The topological polar surface area (TPSA) is 97.4 Å². The molecule has 0 unspecified atom stereocenters. The van der Waals surface area contributed by atoms with Crippen LogP contribution < -0.4 is 18.9 Å². The van der Waals surface area contributed by atoms with Gasteiger partial charge in [0.1, 0.15) is 11.5 Å². The summed E-state index contributed by atoms with van der Waals surface area (Å²) in [5.41, 5.74) is 0.559. The molecule has 1 aliphatic heterocycles. The van der Waals surface area contributed by atoms with Gasteiger partial charge in [-0.2, -0.15) is 0 Å². The van der Waals surface area contributed by atoms with E-state index in [1.165, 1.54) is 159 Å². The summed E-state index contributed by atoms with van der Waals surface area (Å²) >= 11 is 0. The van der Waals surface area contributed by atoms with Gasteiger partial charge < -0.3 is 24.1 Å². The highest BCUT2D eigenvalue weighted by atomic mass is 16.5. The lowest BCUT2D eigenvalue weighted by atomic mass is 9.89. The lowest BCUT2D eigenvalue weighted by molar-refractivity contribution is -0.260. The fourth-order valence-electron chi connectivity index (χ4n) is 9.98. The van der Waals surface area contributed by atoms with Crippen LogP contribution in [0.1, 0.15) is 262 Å². The van der Waals surface area contributed by atoms with Gasteiger partial charge >= 0.3 is 5.97 Å². The minimum absolute atomic E-state index is 0.177. The van der Waals surface area contributed by atoms with E-state index in [1.807, 2.05) is 38.1 Å². The number of carbonyl (C=O) groups excluding carboxylic acids is 1. The number of benzene rings is 3. The maximum atomic E-state index is 14.1. The SMILES string of the molecule is CCCCCCCCCCCCOc1cc(C(=O)Oc2ccc([C@]3(C)CC[C@@](C)(c4ccc(O)cc4)N3[O])cc2)cc(OCCCCCCCCCCCC)c1OCCCCCCCCCCCC. The van der Waals surface area contributed by atoms with Gasteiger partial charge in [0.15, 0.2) is 11.5 Å². The molecule has 2 atom stereocenters. The van der Waals surface area contributed by atoms with Crippen molar-refractivity contribution in [2.75, 3.05) is 19.8 Å². The van der Waals surface area contributed by atoms with E-state index in [0.717, 1.165) is 49.7 Å². The summed E-state index contributed by atoms with van der Waals surface area (Å²) in [6.45, 7) is 12.4. The molecule has 1 radical (unpaired) electrons. The van der Waals surface area contributed by atoms with Gasteiger partial charge in [-0.05, 0) is 93.5 Å². The van der Waals surface area contributed by atoms with E-state index in [9.17, 15) is 15.1 Å². The minimum atomic E-state index is -0.778. The van der Waals surface area contributed by atoms with E-state index in [-0.39, 0.29) is 5.75 Å².